The summed E-state index contributed by atoms with van der Waals surface area (Å²) < 4.78 is 5.36. The number of nitrogens with zero attached hydrogens (tertiary/aromatic N) is 2. The monoisotopic (exact) mass is 215 g/mol. The molecule has 0 radical (unpaired) electrons. The maximum absolute atomic E-state index is 5.36. The second-order valence-electron chi connectivity index (χ2n) is 3.23. The van der Waals surface area contributed by atoms with Gasteiger partial charge < -0.3 is 4.74 Å². The average molecular weight is 215 g/mol. The molecule has 0 aliphatic rings. The first kappa shape index (κ1) is 10.4. The van der Waals surface area contributed by atoms with Crippen molar-refractivity contribution in [2.45, 2.75) is 6.92 Å². The molecular weight excluding hydrogens is 202 g/mol. The van der Waals surface area contributed by atoms with E-state index in [9.17, 15) is 0 Å². The third kappa shape index (κ3) is 2.70. The Morgan fingerprint density at radius 2 is 2.06 bits per heavy atom. The zero-order valence-electron chi connectivity index (χ0n) is 9.05. The highest BCUT2D eigenvalue weighted by atomic mass is 16.5. The SMILES string of the molecule is CCOc1ccc(/C=C/c2cn[nH]n2)cc1. The van der Waals surface area contributed by atoms with Crippen molar-refractivity contribution < 1.29 is 4.74 Å². The molecule has 1 heterocycles. The van der Waals surface area contributed by atoms with Crippen molar-refractivity contribution in [1.29, 1.82) is 0 Å². The smallest absolute Gasteiger partial charge is 0.119 e. The number of H-pyrrole nitrogens is 1. The largest absolute Gasteiger partial charge is 0.494 e. The Morgan fingerprint density at radius 1 is 1.25 bits per heavy atom. The molecule has 0 saturated heterocycles. The number of hydrogen-bond donors (Lipinski definition) is 1. The number of aromatic nitrogens is 3. The van der Waals surface area contributed by atoms with E-state index < -0.39 is 0 Å². The van der Waals surface area contributed by atoms with Crippen molar-refractivity contribution in [3.05, 3.63) is 41.7 Å². The summed E-state index contributed by atoms with van der Waals surface area (Å²) in [6.45, 7) is 2.66. The van der Waals surface area contributed by atoms with Crippen molar-refractivity contribution >= 4 is 12.2 Å². The minimum Gasteiger partial charge on any atom is -0.494 e. The number of benzene rings is 1. The van der Waals surface area contributed by atoms with Gasteiger partial charge >= 0.3 is 0 Å². The molecule has 0 saturated carbocycles. The quantitative estimate of drug-likeness (QED) is 0.851. The summed E-state index contributed by atoms with van der Waals surface area (Å²) in [6.07, 6.45) is 5.55. The highest BCUT2D eigenvalue weighted by Crippen LogP contribution is 2.13. The summed E-state index contributed by atoms with van der Waals surface area (Å²) in [4.78, 5) is 0. The average Bonchev–Trinajstić information content (AvgIpc) is 2.82. The summed E-state index contributed by atoms with van der Waals surface area (Å²) in [5, 5.41) is 10.2. The molecule has 2 aromatic rings. The number of rotatable bonds is 4. The van der Waals surface area contributed by atoms with E-state index in [2.05, 4.69) is 15.4 Å². The maximum Gasteiger partial charge on any atom is 0.119 e. The Hall–Kier alpha value is -2.10. The van der Waals surface area contributed by atoms with Crippen molar-refractivity contribution in [3.8, 4) is 5.75 Å². The van der Waals surface area contributed by atoms with Gasteiger partial charge in [0.05, 0.1) is 12.8 Å². The molecule has 4 nitrogen and oxygen atoms in total. The highest BCUT2D eigenvalue weighted by molar-refractivity contribution is 5.67. The van der Waals surface area contributed by atoms with Gasteiger partial charge in [-0.25, -0.2) is 0 Å². The standard InChI is InChI=1S/C12H13N3O/c1-2-16-12-7-4-10(5-8-12)3-6-11-9-13-15-14-11/h3-9H,2H2,1H3,(H,13,14,15)/b6-3+. The molecule has 16 heavy (non-hydrogen) atoms. The van der Waals surface area contributed by atoms with E-state index in [0.29, 0.717) is 6.61 Å². The van der Waals surface area contributed by atoms with Crippen molar-refractivity contribution in [1.82, 2.24) is 15.4 Å². The van der Waals surface area contributed by atoms with Crippen LogP contribution in [0.3, 0.4) is 0 Å². The number of aromatic amines is 1. The molecule has 1 aromatic carbocycles. The molecule has 1 aromatic heterocycles. The normalized spacial score (nSPS) is 10.8. The predicted molar refractivity (Wildman–Crippen MR) is 62.9 cm³/mol. The summed E-state index contributed by atoms with van der Waals surface area (Å²) in [6, 6.07) is 7.90. The third-order valence-corrected chi connectivity index (χ3v) is 2.07. The molecule has 0 bridgehead atoms. The molecule has 2 rings (SSSR count). The molecule has 4 heteroatoms. The minimum atomic E-state index is 0.689. The highest BCUT2D eigenvalue weighted by Gasteiger charge is 1.92. The lowest BCUT2D eigenvalue weighted by atomic mass is 10.2. The van der Waals surface area contributed by atoms with Gasteiger partial charge in [0.25, 0.3) is 0 Å². The van der Waals surface area contributed by atoms with Crippen LogP contribution in [0.2, 0.25) is 0 Å². The fourth-order valence-electron chi connectivity index (χ4n) is 1.31. The molecule has 82 valence electrons. The Morgan fingerprint density at radius 3 is 2.69 bits per heavy atom. The third-order valence-electron chi connectivity index (χ3n) is 2.07. The zero-order valence-corrected chi connectivity index (χ0v) is 9.05. The van der Waals surface area contributed by atoms with Crippen LogP contribution in [0, 0.1) is 0 Å². The minimum absolute atomic E-state index is 0.689. The first-order valence-corrected chi connectivity index (χ1v) is 5.15. The number of hydrogen-bond acceptors (Lipinski definition) is 3. The zero-order chi connectivity index (χ0) is 11.2. The van der Waals surface area contributed by atoms with E-state index in [-0.39, 0.29) is 0 Å². The van der Waals surface area contributed by atoms with Crippen LogP contribution in [0.15, 0.2) is 30.5 Å². The van der Waals surface area contributed by atoms with Gasteiger partial charge in [0.1, 0.15) is 11.4 Å². The van der Waals surface area contributed by atoms with Crippen LogP contribution >= 0.6 is 0 Å². The number of nitrogens with one attached hydrogen (secondary N) is 1. The Kier molecular flexibility index (Phi) is 3.33. The molecular formula is C12H13N3O. The van der Waals surface area contributed by atoms with Crippen LogP contribution in [0.4, 0.5) is 0 Å². The van der Waals surface area contributed by atoms with Gasteiger partial charge in [0.2, 0.25) is 0 Å². The van der Waals surface area contributed by atoms with E-state index in [1.807, 2.05) is 43.3 Å². The molecule has 0 aliphatic carbocycles. The van der Waals surface area contributed by atoms with Crippen LogP contribution < -0.4 is 4.74 Å². The van der Waals surface area contributed by atoms with Gasteiger partial charge in [0.15, 0.2) is 0 Å². The fraction of sp³-hybridized carbons (Fsp3) is 0.167. The van der Waals surface area contributed by atoms with E-state index in [4.69, 9.17) is 4.74 Å². The maximum atomic E-state index is 5.36. The summed E-state index contributed by atoms with van der Waals surface area (Å²) in [5.41, 5.74) is 1.92. The topological polar surface area (TPSA) is 50.8 Å². The van der Waals surface area contributed by atoms with E-state index in [1.54, 1.807) is 6.20 Å². The molecule has 0 fully saturated rings. The summed E-state index contributed by atoms with van der Waals surface area (Å²) in [5.74, 6) is 0.890. The van der Waals surface area contributed by atoms with E-state index in [0.717, 1.165) is 17.0 Å². The summed E-state index contributed by atoms with van der Waals surface area (Å²) >= 11 is 0. The second kappa shape index (κ2) is 5.11. The summed E-state index contributed by atoms with van der Waals surface area (Å²) in [7, 11) is 0. The molecule has 0 spiro atoms. The van der Waals surface area contributed by atoms with E-state index in [1.165, 1.54) is 0 Å². The van der Waals surface area contributed by atoms with Crippen molar-refractivity contribution in [2.75, 3.05) is 6.61 Å². The first-order valence-electron chi connectivity index (χ1n) is 5.15. The van der Waals surface area contributed by atoms with Crippen LogP contribution in [-0.4, -0.2) is 22.0 Å². The van der Waals surface area contributed by atoms with Gasteiger partial charge in [-0.05, 0) is 30.7 Å². The lowest BCUT2D eigenvalue weighted by Crippen LogP contribution is -1.90. The molecule has 0 aliphatic heterocycles. The Labute approximate surface area is 94.0 Å². The molecule has 0 atom stereocenters. The van der Waals surface area contributed by atoms with Gasteiger partial charge in [-0.1, -0.05) is 18.2 Å². The van der Waals surface area contributed by atoms with Gasteiger partial charge in [-0.3, -0.25) is 0 Å². The molecule has 1 N–H and O–H groups in total. The Bertz CT molecular complexity index is 446. The van der Waals surface area contributed by atoms with Gasteiger partial charge in [-0.15, -0.1) is 0 Å². The van der Waals surface area contributed by atoms with Gasteiger partial charge in [0, 0.05) is 0 Å². The lowest BCUT2D eigenvalue weighted by Gasteiger charge is -2.01. The van der Waals surface area contributed by atoms with Crippen molar-refractivity contribution in [2.24, 2.45) is 0 Å². The predicted octanol–water partition coefficient (Wildman–Crippen LogP) is 2.37. The van der Waals surface area contributed by atoms with Crippen LogP contribution in [0.1, 0.15) is 18.2 Å². The van der Waals surface area contributed by atoms with Crippen molar-refractivity contribution in [3.63, 3.8) is 0 Å². The Balaban J connectivity index is 2.05. The fourth-order valence-corrected chi connectivity index (χ4v) is 1.31. The molecule has 0 unspecified atom stereocenters. The van der Waals surface area contributed by atoms with Crippen LogP contribution in [0.25, 0.3) is 12.2 Å². The molecule has 0 amide bonds. The second-order valence-corrected chi connectivity index (χ2v) is 3.23. The van der Waals surface area contributed by atoms with Gasteiger partial charge in [-0.2, -0.15) is 15.4 Å². The van der Waals surface area contributed by atoms with Crippen LogP contribution in [0.5, 0.6) is 5.75 Å². The number of ether oxygens (including phenoxy) is 1. The van der Waals surface area contributed by atoms with Crippen LogP contribution in [-0.2, 0) is 0 Å². The van der Waals surface area contributed by atoms with E-state index >= 15 is 0 Å². The lowest BCUT2D eigenvalue weighted by molar-refractivity contribution is 0.340. The first-order chi connectivity index (χ1) is 7.88.